The van der Waals surface area contributed by atoms with E-state index < -0.39 is 16.7 Å². The summed E-state index contributed by atoms with van der Waals surface area (Å²) in [6, 6.07) is 21.6. The van der Waals surface area contributed by atoms with Gasteiger partial charge in [-0.05, 0) is 48.4 Å². The van der Waals surface area contributed by atoms with Crippen molar-refractivity contribution in [2.75, 3.05) is 5.32 Å². The van der Waals surface area contributed by atoms with Crippen LogP contribution in [0, 0.1) is 17.0 Å². The first-order chi connectivity index (χ1) is 17.8. The Morgan fingerprint density at radius 2 is 1.65 bits per heavy atom. The maximum Gasteiger partial charge on any atom is 0.331 e. The molecule has 184 valence electrons. The molecule has 3 heterocycles. The van der Waals surface area contributed by atoms with Crippen LogP contribution in [0.2, 0.25) is 0 Å². The van der Waals surface area contributed by atoms with Crippen molar-refractivity contribution in [1.29, 1.82) is 0 Å². The molecule has 5 aromatic rings. The molecule has 0 aliphatic carbocycles. The van der Waals surface area contributed by atoms with Crippen molar-refractivity contribution in [2.45, 2.75) is 13.0 Å². The van der Waals surface area contributed by atoms with Gasteiger partial charge < -0.3 is 9.88 Å². The van der Waals surface area contributed by atoms with Crippen molar-refractivity contribution in [2.24, 2.45) is 14.1 Å². The first-order valence-corrected chi connectivity index (χ1v) is 11.8. The molecule has 1 atom stereocenters. The number of rotatable bonds is 3. The van der Waals surface area contributed by atoms with Crippen molar-refractivity contribution in [3.05, 3.63) is 121 Å². The highest BCUT2D eigenvalue weighted by molar-refractivity contribution is 5.99. The zero-order chi connectivity index (χ0) is 26.0. The van der Waals surface area contributed by atoms with E-state index in [-0.39, 0.29) is 11.2 Å². The van der Waals surface area contributed by atoms with Gasteiger partial charge in [0, 0.05) is 26.2 Å². The predicted octanol–water partition coefficient (Wildman–Crippen LogP) is 4.43. The fraction of sp³-hybridized carbons (Fsp3) is 0.143. The van der Waals surface area contributed by atoms with Crippen LogP contribution in [0.1, 0.15) is 22.9 Å². The Morgan fingerprint density at radius 1 is 0.919 bits per heavy atom. The van der Waals surface area contributed by atoms with Gasteiger partial charge in [-0.3, -0.25) is 24.0 Å². The first-order valence-electron chi connectivity index (χ1n) is 11.8. The molecule has 6 rings (SSSR count). The molecule has 0 unspecified atom stereocenters. The number of aryl methyl sites for hydroxylation is 2. The average Bonchev–Trinajstić information content (AvgIpc) is 3.27. The minimum absolute atomic E-state index is 0.0121. The number of hydrogen-bond acceptors (Lipinski definition) is 5. The molecule has 1 aliphatic rings. The number of non-ortho nitro benzene ring substituents is 1. The average molecular weight is 494 g/mol. The van der Waals surface area contributed by atoms with Gasteiger partial charge in [-0.15, -0.1) is 0 Å². The molecule has 0 saturated carbocycles. The Bertz CT molecular complexity index is 1860. The molecule has 37 heavy (non-hydrogen) atoms. The lowest BCUT2D eigenvalue weighted by Gasteiger charge is -2.31. The zero-order valence-electron chi connectivity index (χ0n) is 20.4. The van der Waals surface area contributed by atoms with E-state index in [0.29, 0.717) is 16.6 Å². The SMILES string of the molecule is Cc1cccc(-c2c3c(=O)n(C)c(=O)n(C)c3c3n2-c2ccccc2N[C@@H]3c2ccc([N+](=O)[O-])cc2)c1. The van der Waals surface area contributed by atoms with Crippen LogP contribution in [-0.2, 0) is 14.1 Å². The largest absolute Gasteiger partial charge is 0.371 e. The molecular formula is C28H23N5O4. The van der Waals surface area contributed by atoms with Crippen LogP contribution < -0.4 is 16.6 Å². The number of para-hydroxylation sites is 2. The van der Waals surface area contributed by atoms with Crippen LogP contribution in [0.3, 0.4) is 0 Å². The summed E-state index contributed by atoms with van der Waals surface area (Å²) in [6.45, 7) is 1.99. The third-order valence-electron chi connectivity index (χ3n) is 7.06. The molecule has 2 aromatic heterocycles. The Morgan fingerprint density at radius 3 is 2.35 bits per heavy atom. The highest BCUT2D eigenvalue weighted by atomic mass is 16.6. The number of benzene rings is 3. The molecule has 0 amide bonds. The van der Waals surface area contributed by atoms with Crippen molar-refractivity contribution < 1.29 is 4.92 Å². The summed E-state index contributed by atoms with van der Waals surface area (Å²) in [4.78, 5) is 37.7. The summed E-state index contributed by atoms with van der Waals surface area (Å²) < 4.78 is 4.70. The molecule has 0 fully saturated rings. The van der Waals surface area contributed by atoms with Crippen LogP contribution in [0.15, 0.2) is 82.4 Å². The van der Waals surface area contributed by atoms with Gasteiger partial charge in [0.25, 0.3) is 11.2 Å². The molecule has 0 spiro atoms. The molecule has 0 bridgehead atoms. The minimum Gasteiger partial charge on any atom is -0.371 e. The summed E-state index contributed by atoms with van der Waals surface area (Å²) in [5.41, 5.74) is 5.47. The van der Waals surface area contributed by atoms with Crippen LogP contribution in [0.4, 0.5) is 11.4 Å². The van der Waals surface area contributed by atoms with Gasteiger partial charge >= 0.3 is 5.69 Å². The van der Waals surface area contributed by atoms with Crippen LogP contribution in [-0.4, -0.2) is 18.6 Å². The minimum atomic E-state index is -0.477. The third kappa shape index (κ3) is 3.24. The van der Waals surface area contributed by atoms with Gasteiger partial charge in [0.15, 0.2) is 0 Å². The number of anilines is 1. The highest BCUT2D eigenvalue weighted by Gasteiger charge is 2.34. The number of aromatic nitrogens is 3. The second kappa shape index (κ2) is 8.06. The van der Waals surface area contributed by atoms with Crippen LogP contribution in [0.5, 0.6) is 0 Å². The van der Waals surface area contributed by atoms with E-state index in [1.165, 1.54) is 23.7 Å². The summed E-state index contributed by atoms with van der Waals surface area (Å²) in [6.07, 6.45) is 0. The second-order valence-corrected chi connectivity index (χ2v) is 9.31. The maximum atomic E-state index is 13.7. The number of nitrogens with one attached hydrogen (secondary N) is 1. The summed E-state index contributed by atoms with van der Waals surface area (Å²) in [5.74, 6) is 0. The lowest BCUT2D eigenvalue weighted by Crippen LogP contribution is -2.37. The van der Waals surface area contributed by atoms with Crippen molar-refractivity contribution >= 4 is 22.3 Å². The summed E-state index contributed by atoms with van der Waals surface area (Å²) in [7, 11) is 3.15. The Balaban J connectivity index is 1.81. The third-order valence-corrected chi connectivity index (χ3v) is 7.06. The van der Waals surface area contributed by atoms with E-state index in [9.17, 15) is 19.7 Å². The van der Waals surface area contributed by atoms with Crippen molar-refractivity contribution in [3.63, 3.8) is 0 Å². The zero-order valence-corrected chi connectivity index (χ0v) is 20.4. The monoisotopic (exact) mass is 493 g/mol. The first kappa shape index (κ1) is 22.5. The number of fused-ring (bicyclic) bond motifs is 5. The summed E-state index contributed by atoms with van der Waals surface area (Å²) in [5, 5.41) is 15.3. The number of nitro groups is 1. The van der Waals surface area contributed by atoms with Crippen LogP contribution >= 0.6 is 0 Å². The fourth-order valence-corrected chi connectivity index (χ4v) is 5.32. The highest BCUT2D eigenvalue weighted by Crippen LogP contribution is 2.45. The molecule has 1 N–H and O–H groups in total. The number of nitrogens with zero attached hydrogens (tertiary/aromatic N) is 4. The van der Waals surface area contributed by atoms with Gasteiger partial charge in [-0.1, -0.05) is 35.9 Å². The molecule has 0 saturated heterocycles. The van der Waals surface area contributed by atoms with Gasteiger partial charge in [-0.2, -0.15) is 0 Å². The molecule has 9 nitrogen and oxygen atoms in total. The van der Waals surface area contributed by atoms with Gasteiger partial charge in [0.2, 0.25) is 0 Å². The summed E-state index contributed by atoms with van der Waals surface area (Å²) >= 11 is 0. The van der Waals surface area contributed by atoms with Crippen molar-refractivity contribution in [1.82, 2.24) is 13.7 Å². The quantitative estimate of drug-likeness (QED) is 0.296. The lowest BCUT2D eigenvalue weighted by atomic mass is 9.99. The fourth-order valence-electron chi connectivity index (χ4n) is 5.32. The normalized spacial score (nSPS) is 14.2. The van der Waals surface area contributed by atoms with Gasteiger partial charge in [0.1, 0.15) is 0 Å². The van der Waals surface area contributed by atoms with Crippen molar-refractivity contribution in [3.8, 4) is 16.9 Å². The van der Waals surface area contributed by atoms with Crippen LogP contribution in [0.25, 0.3) is 27.8 Å². The van der Waals surface area contributed by atoms with E-state index >= 15 is 0 Å². The van der Waals surface area contributed by atoms with E-state index in [4.69, 9.17) is 0 Å². The van der Waals surface area contributed by atoms with Gasteiger partial charge in [0.05, 0.1) is 44.6 Å². The molecule has 9 heteroatoms. The number of hydrogen-bond donors (Lipinski definition) is 1. The van der Waals surface area contributed by atoms with E-state index in [2.05, 4.69) is 9.88 Å². The van der Waals surface area contributed by atoms with Gasteiger partial charge in [-0.25, -0.2) is 4.79 Å². The van der Waals surface area contributed by atoms with E-state index in [0.717, 1.165) is 38.3 Å². The maximum absolute atomic E-state index is 13.7. The molecular weight excluding hydrogens is 470 g/mol. The Kier molecular flexibility index (Phi) is 4.91. The topological polar surface area (TPSA) is 104 Å². The molecule has 1 aliphatic heterocycles. The smallest absolute Gasteiger partial charge is 0.331 e. The molecule has 0 radical (unpaired) electrons. The predicted molar refractivity (Wildman–Crippen MR) is 142 cm³/mol. The second-order valence-electron chi connectivity index (χ2n) is 9.31. The van der Waals surface area contributed by atoms with E-state index in [1.54, 1.807) is 19.2 Å². The Hall–Kier alpha value is -4.92. The number of nitro benzene ring substituents is 1. The Labute approximate surface area is 211 Å². The standard InChI is InChI=1S/C28H23N5O4/c1-16-7-6-8-18(15-16)24-22-25(30(2)28(35)31(3)27(22)34)26-23(17-11-13-19(14-12-17)33(36)37)29-20-9-4-5-10-21(20)32(24)26/h4-15,23,29H,1-3H3/t23-/m1/s1. The van der Waals surface area contributed by atoms with E-state index in [1.807, 2.05) is 55.5 Å². The lowest BCUT2D eigenvalue weighted by molar-refractivity contribution is -0.384. The molecule has 3 aromatic carbocycles.